The Balaban J connectivity index is 2.04. The topological polar surface area (TPSA) is 105 Å². The normalized spacial score (nSPS) is 18.3. The second-order valence-corrected chi connectivity index (χ2v) is 12.7. The van der Waals surface area contributed by atoms with E-state index in [4.69, 9.17) is 10.5 Å². The van der Waals surface area contributed by atoms with Crippen LogP contribution in [0.5, 0.6) is 5.75 Å². The summed E-state index contributed by atoms with van der Waals surface area (Å²) < 4.78 is 5.35. The average molecular weight is 590 g/mol. The molecule has 3 rings (SSSR count). The fourth-order valence-electron chi connectivity index (χ4n) is 5.95. The third-order valence-corrected chi connectivity index (χ3v) is 8.34. The predicted octanol–water partition coefficient (Wildman–Crippen LogP) is 5.43. The summed E-state index contributed by atoms with van der Waals surface area (Å²) in [6.07, 6.45) is 5.24. The molecule has 0 spiro atoms. The van der Waals surface area contributed by atoms with Gasteiger partial charge < -0.3 is 25.8 Å². The van der Waals surface area contributed by atoms with Crippen LogP contribution in [0.25, 0.3) is 0 Å². The molecule has 2 aromatic rings. The summed E-state index contributed by atoms with van der Waals surface area (Å²) in [7, 11) is 1.63. The maximum absolute atomic E-state index is 14.0. The van der Waals surface area contributed by atoms with E-state index >= 15 is 0 Å². The van der Waals surface area contributed by atoms with Crippen LogP contribution >= 0.6 is 0 Å². The van der Waals surface area contributed by atoms with Crippen LogP contribution < -0.4 is 15.8 Å². The molecule has 2 aromatic carbocycles. The van der Waals surface area contributed by atoms with E-state index in [1.54, 1.807) is 7.11 Å². The lowest BCUT2D eigenvalue weighted by atomic mass is 9.61. The Labute approximate surface area is 258 Å². The highest BCUT2D eigenvalue weighted by molar-refractivity contribution is 5.97. The first-order valence-corrected chi connectivity index (χ1v) is 15.5. The van der Waals surface area contributed by atoms with Gasteiger partial charge >= 0.3 is 0 Å². The molecule has 234 valence electrons. The zero-order chi connectivity index (χ0) is 31.6. The van der Waals surface area contributed by atoms with E-state index in [1.165, 1.54) is 0 Å². The number of rotatable bonds is 15. The quantitative estimate of drug-likeness (QED) is 0.257. The molecule has 0 aromatic heterocycles. The number of primary amides is 1. The highest BCUT2D eigenvalue weighted by Crippen LogP contribution is 2.47. The minimum Gasteiger partial charge on any atom is -0.497 e. The molecule has 7 heteroatoms. The third-order valence-electron chi connectivity index (χ3n) is 8.34. The van der Waals surface area contributed by atoms with Crippen LogP contribution in [0.3, 0.4) is 0 Å². The van der Waals surface area contributed by atoms with Gasteiger partial charge in [-0.2, -0.15) is 0 Å². The molecule has 0 bridgehead atoms. The Bertz CT molecular complexity index is 1270. The molecule has 3 atom stereocenters. The summed E-state index contributed by atoms with van der Waals surface area (Å²) in [4.78, 5) is 29.6. The number of nitrogens with one attached hydrogen (secondary N) is 1. The number of carbonyl (C=O) groups excluding carboxylic acids is 2. The third kappa shape index (κ3) is 8.80. The average Bonchev–Trinajstić information content (AvgIpc) is 2.99. The van der Waals surface area contributed by atoms with Crippen molar-refractivity contribution in [1.82, 2.24) is 10.2 Å². The van der Waals surface area contributed by atoms with Crippen LogP contribution in [0, 0.1) is 16.7 Å². The molecule has 4 N–H and O–H groups in total. The van der Waals surface area contributed by atoms with Crippen LogP contribution in [-0.4, -0.2) is 54.7 Å². The van der Waals surface area contributed by atoms with Gasteiger partial charge in [0.05, 0.1) is 18.6 Å². The summed E-state index contributed by atoms with van der Waals surface area (Å²) in [5, 5.41) is 15.2. The molecular weight excluding hydrogens is 538 g/mol. The van der Waals surface area contributed by atoms with Gasteiger partial charge in [-0.15, -0.1) is 0 Å². The summed E-state index contributed by atoms with van der Waals surface area (Å²) in [5.41, 5.74) is 8.18. The number of aliphatic hydroxyl groups excluding tert-OH is 1. The number of methoxy groups -OCH3 is 1. The van der Waals surface area contributed by atoms with Crippen LogP contribution in [0.2, 0.25) is 0 Å². The molecule has 0 heterocycles. The molecule has 0 saturated carbocycles. The van der Waals surface area contributed by atoms with Crippen molar-refractivity contribution in [1.29, 1.82) is 0 Å². The van der Waals surface area contributed by atoms with Crippen LogP contribution in [0.1, 0.15) is 65.0 Å². The van der Waals surface area contributed by atoms with Crippen molar-refractivity contribution >= 4 is 11.8 Å². The van der Waals surface area contributed by atoms with E-state index in [2.05, 4.69) is 39.9 Å². The first-order chi connectivity index (χ1) is 20.4. The zero-order valence-corrected chi connectivity index (χ0v) is 26.9. The summed E-state index contributed by atoms with van der Waals surface area (Å²) in [6.45, 7) is 12.4. The van der Waals surface area contributed by atoms with Crippen LogP contribution in [0.4, 0.5) is 0 Å². The Hall–Kier alpha value is -3.42. The van der Waals surface area contributed by atoms with E-state index < -0.39 is 23.3 Å². The number of allylic oxidation sites excluding steroid dienone is 2. The minimum absolute atomic E-state index is 0.0618. The number of aliphatic hydroxyl groups is 1. The molecule has 2 amide bonds. The number of benzene rings is 2. The van der Waals surface area contributed by atoms with Gasteiger partial charge in [0.1, 0.15) is 5.75 Å². The lowest BCUT2D eigenvalue weighted by Gasteiger charge is -2.43. The van der Waals surface area contributed by atoms with Gasteiger partial charge in [-0.3, -0.25) is 9.59 Å². The molecule has 43 heavy (non-hydrogen) atoms. The molecular formula is C36H51N3O4. The number of ether oxygens (including phenoxy) is 1. The van der Waals surface area contributed by atoms with Crippen molar-refractivity contribution in [3.05, 3.63) is 89.0 Å². The number of nitrogens with two attached hydrogens (primary N) is 1. The Kier molecular flexibility index (Phi) is 12.2. The smallest absolute Gasteiger partial charge is 0.249 e. The molecule has 1 aliphatic carbocycles. The molecule has 7 nitrogen and oxygen atoms in total. The van der Waals surface area contributed by atoms with Gasteiger partial charge in [0, 0.05) is 37.7 Å². The highest BCUT2D eigenvalue weighted by Gasteiger charge is 2.49. The molecule has 0 aliphatic heterocycles. The number of carbonyl (C=O) groups is 2. The second kappa shape index (κ2) is 15.3. The minimum atomic E-state index is -1.26. The molecule has 1 unspecified atom stereocenters. The van der Waals surface area contributed by atoms with Gasteiger partial charge in [0.2, 0.25) is 11.8 Å². The zero-order valence-electron chi connectivity index (χ0n) is 26.9. The van der Waals surface area contributed by atoms with Crippen molar-refractivity contribution in [3.8, 4) is 5.75 Å². The second-order valence-electron chi connectivity index (χ2n) is 12.7. The molecule has 1 aliphatic rings. The number of nitrogens with zero attached hydrogens (tertiary/aromatic N) is 1. The van der Waals surface area contributed by atoms with E-state index in [-0.39, 0.29) is 24.3 Å². The number of hydrogen-bond donors (Lipinski definition) is 3. The van der Waals surface area contributed by atoms with Crippen molar-refractivity contribution in [2.75, 3.05) is 26.7 Å². The standard InChI is InChI=1S/C36H51N3O4/c1-7-17-39(18-8-2)33(41)28-21-29(35(3,4)5)23-36(22-28,34(37)42)31(20-26-13-10-9-11-14-26)32(40)25-38-24-27-15-12-16-30(19-27)43-6/h9-16,19,21,23,31-32,38,40H,7-8,17-18,20,22,24-25H2,1-6H3,(H2,37,42)/t31-,32+,36?/m1/s1. The maximum Gasteiger partial charge on any atom is 0.249 e. The summed E-state index contributed by atoms with van der Waals surface area (Å²) in [5.74, 6) is -0.406. The van der Waals surface area contributed by atoms with Gasteiger partial charge in [-0.25, -0.2) is 0 Å². The predicted molar refractivity (Wildman–Crippen MR) is 173 cm³/mol. The number of hydrogen-bond acceptors (Lipinski definition) is 5. The van der Waals surface area contributed by atoms with E-state index in [0.29, 0.717) is 31.6 Å². The first-order valence-electron chi connectivity index (χ1n) is 15.5. The van der Waals surface area contributed by atoms with Crippen molar-refractivity contribution in [2.24, 2.45) is 22.5 Å². The SMILES string of the molecule is CCCN(CCC)C(=O)C1=CC(C(C)(C)C)=CC(C(N)=O)([C@H](Cc2ccccc2)[C@@H](O)CNCc2cccc(OC)c2)C1. The van der Waals surface area contributed by atoms with E-state index in [0.717, 1.165) is 35.3 Å². The van der Waals surface area contributed by atoms with Gasteiger partial charge in [0.25, 0.3) is 0 Å². The maximum atomic E-state index is 14.0. The van der Waals surface area contributed by atoms with Gasteiger partial charge in [0.15, 0.2) is 0 Å². The fourth-order valence-corrected chi connectivity index (χ4v) is 5.95. The lowest BCUT2D eigenvalue weighted by Crippen LogP contribution is -2.52. The molecule has 0 saturated heterocycles. The van der Waals surface area contributed by atoms with Crippen molar-refractivity contribution in [3.63, 3.8) is 0 Å². The Morgan fingerprint density at radius 1 is 1.05 bits per heavy atom. The van der Waals surface area contributed by atoms with Gasteiger partial charge in [-0.1, -0.05) is 89.2 Å². The van der Waals surface area contributed by atoms with Gasteiger partial charge in [-0.05, 0) is 59.9 Å². The van der Waals surface area contributed by atoms with Crippen molar-refractivity contribution < 1.29 is 19.4 Å². The first kappa shape index (κ1) is 34.1. The molecule has 0 fully saturated rings. The largest absolute Gasteiger partial charge is 0.497 e. The fraction of sp³-hybridized carbons (Fsp3) is 0.500. The summed E-state index contributed by atoms with van der Waals surface area (Å²) in [6, 6.07) is 17.6. The van der Waals surface area contributed by atoms with Crippen LogP contribution in [-0.2, 0) is 22.6 Å². The lowest BCUT2D eigenvalue weighted by molar-refractivity contribution is -0.132. The molecule has 0 radical (unpaired) electrons. The number of amides is 2. The Morgan fingerprint density at radius 2 is 1.70 bits per heavy atom. The van der Waals surface area contributed by atoms with Crippen molar-refractivity contribution in [2.45, 2.75) is 73.0 Å². The Morgan fingerprint density at radius 3 is 2.28 bits per heavy atom. The highest BCUT2D eigenvalue weighted by atomic mass is 16.5. The van der Waals surface area contributed by atoms with E-state index in [9.17, 15) is 14.7 Å². The monoisotopic (exact) mass is 589 g/mol. The summed E-state index contributed by atoms with van der Waals surface area (Å²) >= 11 is 0. The van der Waals surface area contributed by atoms with Crippen LogP contribution in [0.15, 0.2) is 77.9 Å². The van der Waals surface area contributed by atoms with E-state index in [1.807, 2.05) is 71.6 Å².